The Labute approximate surface area is 113 Å². The van der Waals surface area contributed by atoms with Crippen molar-refractivity contribution in [3.8, 4) is 0 Å². The summed E-state index contributed by atoms with van der Waals surface area (Å²) in [6, 6.07) is 6.12. The minimum atomic E-state index is -4.30. The zero-order chi connectivity index (χ0) is 10.8. The molecule has 0 radical (unpaired) electrons. The molecule has 1 rings (SSSR count). The van der Waals surface area contributed by atoms with Crippen LogP contribution in [0, 0.1) is 0 Å². The summed E-state index contributed by atoms with van der Waals surface area (Å²) in [5, 5.41) is 0. The molecule has 0 fully saturated rings. The fraction of sp³-hybridized carbons (Fsp3) is 0.400. The maximum absolute atomic E-state index is 10.6. The minimum Gasteiger partial charge on any atom is -0.744 e. The summed E-state index contributed by atoms with van der Waals surface area (Å²) < 4.78 is 31.9. The number of rotatable bonds is 3. The molecule has 0 saturated heterocycles. The molecule has 1 unspecified atom stereocenters. The SMILES string of the molecule is CCC(C)c1ccc(S(=O)(=O)[O-])cc1.[Na+]. The number of hydrogen-bond acceptors (Lipinski definition) is 3. The fourth-order valence-electron chi connectivity index (χ4n) is 1.20. The summed E-state index contributed by atoms with van der Waals surface area (Å²) >= 11 is 0. The molecule has 0 amide bonds. The third kappa shape index (κ3) is 4.25. The summed E-state index contributed by atoms with van der Waals surface area (Å²) in [6.45, 7) is 4.11. The normalized spacial score (nSPS) is 13.0. The molecular formula is C10H13NaO3S. The van der Waals surface area contributed by atoms with Crippen molar-refractivity contribution in [2.24, 2.45) is 0 Å². The van der Waals surface area contributed by atoms with E-state index in [0.29, 0.717) is 5.92 Å². The quantitative estimate of drug-likeness (QED) is 0.505. The van der Waals surface area contributed by atoms with Crippen LogP contribution in [0.25, 0.3) is 0 Å². The van der Waals surface area contributed by atoms with E-state index in [1.807, 2.05) is 0 Å². The molecule has 0 aliphatic rings. The Kier molecular flexibility index (Phi) is 6.06. The van der Waals surface area contributed by atoms with Gasteiger partial charge in [-0.1, -0.05) is 26.0 Å². The minimum absolute atomic E-state index is 0. The van der Waals surface area contributed by atoms with Crippen LogP contribution in [0.3, 0.4) is 0 Å². The molecule has 0 aliphatic carbocycles. The van der Waals surface area contributed by atoms with Crippen LogP contribution in [0.5, 0.6) is 0 Å². The smallest absolute Gasteiger partial charge is 0.744 e. The van der Waals surface area contributed by atoms with Crippen LogP contribution < -0.4 is 29.6 Å². The molecular weight excluding hydrogens is 223 g/mol. The van der Waals surface area contributed by atoms with Crippen molar-refractivity contribution < 1.29 is 42.5 Å². The summed E-state index contributed by atoms with van der Waals surface area (Å²) in [6.07, 6.45) is 0.990. The molecule has 0 saturated carbocycles. The van der Waals surface area contributed by atoms with Crippen LogP contribution in [0.2, 0.25) is 0 Å². The van der Waals surface area contributed by atoms with Crippen molar-refractivity contribution in [1.29, 1.82) is 0 Å². The molecule has 1 aromatic rings. The number of hydrogen-bond donors (Lipinski definition) is 0. The number of benzene rings is 1. The molecule has 0 bridgehead atoms. The summed E-state index contributed by atoms with van der Waals surface area (Å²) in [5.41, 5.74) is 1.06. The monoisotopic (exact) mass is 236 g/mol. The van der Waals surface area contributed by atoms with E-state index < -0.39 is 10.1 Å². The van der Waals surface area contributed by atoms with E-state index >= 15 is 0 Å². The Bertz CT molecular complexity index is 397. The van der Waals surface area contributed by atoms with Crippen LogP contribution in [0.1, 0.15) is 31.7 Å². The van der Waals surface area contributed by atoms with Gasteiger partial charge in [0.1, 0.15) is 10.1 Å². The molecule has 15 heavy (non-hydrogen) atoms. The Morgan fingerprint density at radius 3 is 2.07 bits per heavy atom. The van der Waals surface area contributed by atoms with E-state index in [0.717, 1.165) is 12.0 Å². The van der Waals surface area contributed by atoms with Crippen molar-refractivity contribution in [3.63, 3.8) is 0 Å². The van der Waals surface area contributed by atoms with E-state index in [9.17, 15) is 13.0 Å². The van der Waals surface area contributed by atoms with Gasteiger partial charge < -0.3 is 4.55 Å². The zero-order valence-electron chi connectivity index (χ0n) is 9.23. The Balaban J connectivity index is 0.00000196. The molecule has 1 aromatic carbocycles. The van der Waals surface area contributed by atoms with E-state index in [-0.39, 0.29) is 34.5 Å². The van der Waals surface area contributed by atoms with Gasteiger partial charge in [0.05, 0.1) is 4.90 Å². The van der Waals surface area contributed by atoms with Gasteiger partial charge in [0, 0.05) is 0 Å². The molecule has 5 heteroatoms. The first-order chi connectivity index (χ1) is 6.45. The van der Waals surface area contributed by atoms with E-state index in [4.69, 9.17) is 0 Å². The zero-order valence-corrected chi connectivity index (χ0v) is 12.0. The second-order valence-electron chi connectivity index (χ2n) is 3.33. The molecule has 0 heterocycles. The van der Waals surface area contributed by atoms with E-state index in [1.165, 1.54) is 12.1 Å². The molecule has 1 atom stereocenters. The average molecular weight is 236 g/mol. The predicted molar refractivity (Wildman–Crippen MR) is 53.1 cm³/mol. The molecule has 0 spiro atoms. The molecule has 0 aromatic heterocycles. The first kappa shape index (κ1) is 15.1. The van der Waals surface area contributed by atoms with Crippen molar-refractivity contribution >= 4 is 10.1 Å². The van der Waals surface area contributed by atoms with Crippen molar-refractivity contribution in [1.82, 2.24) is 0 Å². The van der Waals surface area contributed by atoms with Gasteiger partial charge in [-0.2, -0.15) is 0 Å². The largest absolute Gasteiger partial charge is 1.00 e. The summed E-state index contributed by atoms with van der Waals surface area (Å²) in [5.74, 6) is 0.387. The van der Waals surface area contributed by atoms with E-state index in [1.54, 1.807) is 12.1 Å². The molecule has 78 valence electrons. The van der Waals surface area contributed by atoms with Crippen molar-refractivity contribution in [2.45, 2.75) is 31.1 Å². The van der Waals surface area contributed by atoms with Gasteiger partial charge in [-0.25, -0.2) is 8.42 Å². The third-order valence-electron chi connectivity index (χ3n) is 2.35. The molecule has 3 nitrogen and oxygen atoms in total. The second-order valence-corrected chi connectivity index (χ2v) is 4.71. The van der Waals surface area contributed by atoms with Gasteiger partial charge in [0.15, 0.2) is 0 Å². The average Bonchev–Trinajstić information content (AvgIpc) is 2.15. The van der Waals surface area contributed by atoms with Crippen molar-refractivity contribution in [3.05, 3.63) is 29.8 Å². The van der Waals surface area contributed by atoms with Crippen molar-refractivity contribution in [2.75, 3.05) is 0 Å². The van der Waals surface area contributed by atoms with Crippen LogP contribution in [-0.2, 0) is 10.1 Å². The van der Waals surface area contributed by atoms with Gasteiger partial charge in [0.2, 0.25) is 0 Å². The van der Waals surface area contributed by atoms with Crippen LogP contribution in [0.4, 0.5) is 0 Å². The molecule has 0 N–H and O–H groups in total. The maximum Gasteiger partial charge on any atom is 1.00 e. The topological polar surface area (TPSA) is 57.2 Å². The van der Waals surface area contributed by atoms with Crippen LogP contribution in [0.15, 0.2) is 29.2 Å². The van der Waals surface area contributed by atoms with Crippen LogP contribution >= 0.6 is 0 Å². The first-order valence-corrected chi connectivity index (χ1v) is 5.92. The van der Waals surface area contributed by atoms with E-state index in [2.05, 4.69) is 13.8 Å². The van der Waals surface area contributed by atoms with Crippen LogP contribution in [-0.4, -0.2) is 13.0 Å². The van der Waals surface area contributed by atoms with Gasteiger partial charge in [-0.15, -0.1) is 0 Å². The summed E-state index contributed by atoms with van der Waals surface area (Å²) in [4.78, 5) is -0.162. The standard InChI is InChI=1S/C10H14O3S.Na/c1-3-8(2)9-4-6-10(7-5-9)14(11,12)13;/h4-8H,3H2,1-2H3,(H,11,12,13);/q;+1/p-1. The molecule has 0 aliphatic heterocycles. The fourth-order valence-corrected chi connectivity index (χ4v) is 1.67. The second kappa shape index (κ2) is 6.01. The van der Waals surface area contributed by atoms with Gasteiger partial charge in [-0.3, -0.25) is 0 Å². The Morgan fingerprint density at radius 1 is 1.27 bits per heavy atom. The van der Waals surface area contributed by atoms with Gasteiger partial charge in [0.25, 0.3) is 0 Å². The Hall–Kier alpha value is 0.130. The first-order valence-electron chi connectivity index (χ1n) is 4.51. The summed E-state index contributed by atoms with van der Waals surface area (Å²) in [7, 11) is -4.30. The maximum atomic E-state index is 10.6. The Morgan fingerprint density at radius 2 is 1.73 bits per heavy atom. The predicted octanol–water partition coefficient (Wildman–Crippen LogP) is -0.892. The third-order valence-corrected chi connectivity index (χ3v) is 3.20. The van der Waals surface area contributed by atoms with Gasteiger partial charge >= 0.3 is 29.6 Å². The van der Waals surface area contributed by atoms with Gasteiger partial charge in [-0.05, 0) is 30.0 Å².